The van der Waals surface area contributed by atoms with Gasteiger partial charge in [0.1, 0.15) is 0 Å². The maximum Gasteiger partial charge on any atom is 0.416 e. The summed E-state index contributed by atoms with van der Waals surface area (Å²) >= 11 is 7.17. The Morgan fingerprint density at radius 1 is 1.20 bits per heavy atom. The lowest BCUT2D eigenvalue weighted by Gasteiger charge is -2.25. The number of anilines is 1. The van der Waals surface area contributed by atoms with Crippen molar-refractivity contribution >= 4 is 52.2 Å². The largest absolute Gasteiger partial charge is 0.416 e. The highest BCUT2D eigenvalue weighted by Gasteiger charge is 2.41. The Hall–Kier alpha value is -2.16. The normalized spacial score (nSPS) is 13.3. The van der Waals surface area contributed by atoms with Crippen molar-refractivity contribution in [1.82, 2.24) is 0 Å². The standard InChI is InChI=1S/C19H14ClF3NO4PS/c1-2-24(13-6-3-11(4-7-13)19(21,22)23)18(25)17(29(26,27)28)15-10-30-16-8-5-12(20)9-14(15)16/h2-10,17H,1H2,(H2,26,27,28). The molecule has 0 saturated carbocycles. The van der Waals surface area contributed by atoms with Crippen molar-refractivity contribution in [3.63, 3.8) is 0 Å². The molecule has 1 unspecified atom stereocenters. The number of benzene rings is 2. The van der Waals surface area contributed by atoms with Gasteiger partial charge >= 0.3 is 13.8 Å². The molecule has 1 atom stereocenters. The SMILES string of the molecule is C=CN(C(=O)C(c1csc2ccc(Cl)cc12)P(=O)(O)O)c1ccc(C(F)(F)F)cc1. The van der Waals surface area contributed by atoms with E-state index >= 15 is 0 Å². The van der Waals surface area contributed by atoms with Gasteiger partial charge in [-0.3, -0.25) is 14.3 Å². The summed E-state index contributed by atoms with van der Waals surface area (Å²) in [5.74, 6) is -1.03. The molecular formula is C19H14ClF3NO4PS. The van der Waals surface area contributed by atoms with Crippen molar-refractivity contribution in [2.24, 2.45) is 0 Å². The van der Waals surface area contributed by atoms with Crippen LogP contribution in [0.4, 0.5) is 18.9 Å². The quantitative estimate of drug-likeness (QED) is 0.446. The Kier molecular flexibility index (Phi) is 6.13. The number of thiophene rings is 1. The van der Waals surface area contributed by atoms with Crippen molar-refractivity contribution in [3.05, 3.63) is 76.8 Å². The molecule has 1 aromatic heterocycles. The highest BCUT2D eigenvalue weighted by Crippen LogP contribution is 2.55. The minimum Gasteiger partial charge on any atom is -0.324 e. The third-order valence-electron chi connectivity index (χ3n) is 4.32. The predicted molar refractivity (Wildman–Crippen MR) is 111 cm³/mol. The molecule has 2 N–H and O–H groups in total. The monoisotopic (exact) mass is 475 g/mol. The highest BCUT2D eigenvalue weighted by atomic mass is 35.5. The van der Waals surface area contributed by atoms with E-state index < -0.39 is 30.9 Å². The first kappa shape index (κ1) is 22.5. The van der Waals surface area contributed by atoms with E-state index in [1.54, 1.807) is 12.1 Å². The first-order valence-corrected chi connectivity index (χ1v) is 11.2. The van der Waals surface area contributed by atoms with Crippen LogP contribution in [-0.4, -0.2) is 15.7 Å². The van der Waals surface area contributed by atoms with Crippen molar-refractivity contribution in [3.8, 4) is 0 Å². The van der Waals surface area contributed by atoms with Crippen LogP contribution in [0.5, 0.6) is 0 Å². The van der Waals surface area contributed by atoms with E-state index in [9.17, 15) is 32.3 Å². The molecule has 3 aromatic rings. The number of amides is 1. The van der Waals surface area contributed by atoms with Gasteiger partial charge in [0.2, 0.25) is 0 Å². The van der Waals surface area contributed by atoms with Crippen LogP contribution < -0.4 is 4.90 Å². The van der Waals surface area contributed by atoms with Crippen LogP contribution in [0.15, 0.2) is 60.6 Å². The van der Waals surface area contributed by atoms with E-state index in [2.05, 4.69) is 6.58 Å². The summed E-state index contributed by atoms with van der Waals surface area (Å²) in [6.07, 6.45) is -3.57. The lowest BCUT2D eigenvalue weighted by atomic mass is 10.1. The van der Waals surface area contributed by atoms with Gasteiger partial charge in [-0.2, -0.15) is 13.2 Å². The molecule has 0 radical (unpaired) electrons. The van der Waals surface area contributed by atoms with E-state index in [1.807, 2.05) is 0 Å². The van der Waals surface area contributed by atoms with Gasteiger partial charge in [-0.15, -0.1) is 11.3 Å². The van der Waals surface area contributed by atoms with Crippen molar-refractivity contribution in [2.45, 2.75) is 11.8 Å². The number of carbonyl (C=O) groups is 1. The van der Waals surface area contributed by atoms with E-state index in [1.165, 1.54) is 22.8 Å². The van der Waals surface area contributed by atoms with Gasteiger partial charge in [-0.25, -0.2) is 0 Å². The van der Waals surface area contributed by atoms with Gasteiger partial charge in [0, 0.05) is 21.6 Å². The molecule has 2 aromatic carbocycles. The average molecular weight is 476 g/mol. The van der Waals surface area contributed by atoms with Crippen LogP contribution in [-0.2, 0) is 15.5 Å². The fraction of sp³-hybridized carbons (Fsp3) is 0.105. The zero-order valence-corrected chi connectivity index (χ0v) is 17.5. The van der Waals surface area contributed by atoms with E-state index in [0.29, 0.717) is 15.1 Å². The van der Waals surface area contributed by atoms with Crippen LogP contribution >= 0.6 is 30.5 Å². The molecular weight excluding hydrogens is 462 g/mol. The van der Waals surface area contributed by atoms with Crippen molar-refractivity contribution in [1.29, 1.82) is 0 Å². The number of halogens is 4. The van der Waals surface area contributed by atoms with Crippen molar-refractivity contribution < 1.29 is 32.3 Å². The van der Waals surface area contributed by atoms with Gasteiger partial charge in [0.25, 0.3) is 5.91 Å². The summed E-state index contributed by atoms with van der Waals surface area (Å²) in [4.78, 5) is 33.8. The van der Waals surface area contributed by atoms with Crippen LogP contribution in [0, 0.1) is 0 Å². The van der Waals surface area contributed by atoms with E-state index in [4.69, 9.17) is 11.6 Å². The van der Waals surface area contributed by atoms with Crippen LogP contribution in [0.25, 0.3) is 10.1 Å². The summed E-state index contributed by atoms with van der Waals surface area (Å²) in [7, 11) is -5.02. The zero-order valence-electron chi connectivity index (χ0n) is 15.0. The van der Waals surface area contributed by atoms with Crippen LogP contribution in [0.2, 0.25) is 5.02 Å². The molecule has 1 amide bonds. The maximum atomic E-state index is 13.1. The molecule has 0 bridgehead atoms. The molecule has 158 valence electrons. The molecule has 0 spiro atoms. The Bertz CT molecular complexity index is 1160. The minimum absolute atomic E-state index is 0.0148. The smallest absolute Gasteiger partial charge is 0.324 e. The second kappa shape index (κ2) is 8.17. The molecule has 1 heterocycles. The molecule has 5 nitrogen and oxygen atoms in total. The highest BCUT2D eigenvalue weighted by molar-refractivity contribution is 7.53. The Morgan fingerprint density at radius 2 is 1.83 bits per heavy atom. The van der Waals surface area contributed by atoms with E-state index in [-0.39, 0.29) is 11.3 Å². The van der Waals surface area contributed by atoms with Gasteiger partial charge in [0.15, 0.2) is 5.66 Å². The molecule has 0 fully saturated rings. The first-order valence-electron chi connectivity index (χ1n) is 8.28. The zero-order chi connectivity index (χ0) is 22.3. The molecule has 0 aliphatic rings. The van der Waals surface area contributed by atoms with E-state index in [0.717, 1.165) is 35.4 Å². The second-order valence-electron chi connectivity index (χ2n) is 6.26. The number of rotatable bonds is 5. The number of fused-ring (bicyclic) bond motifs is 1. The number of hydrogen-bond donors (Lipinski definition) is 2. The third-order valence-corrected chi connectivity index (χ3v) is 6.71. The maximum absolute atomic E-state index is 13.1. The van der Waals surface area contributed by atoms with Gasteiger partial charge in [-0.1, -0.05) is 18.2 Å². The lowest BCUT2D eigenvalue weighted by Crippen LogP contribution is -2.30. The Balaban J connectivity index is 2.07. The van der Waals surface area contributed by atoms with Crippen LogP contribution in [0.3, 0.4) is 0 Å². The molecule has 11 heteroatoms. The molecule has 0 aliphatic carbocycles. The topological polar surface area (TPSA) is 77.8 Å². The van der Waals surface area contributed by atoms with Gasteiger partial charge < -0.3 is 9.79 Å². The Labute approximate surface area is 178 Å². The summed E-state index contributed by atoms with van der Waals surface area (Å²) in [5.41, 5.74) is -2.74. The molecule has 0 aliphatic heterocycles. The molecule has 30 heavy (non-hydrogen) atoms. The van der Waals surface area contributed by atoms with Gasteiger partial charge in [0.05, 0.1) is 5.56 Å². The third kappa shape index (κ3) is 4.45. The van der Waals surface area contributed by atoms with Gasteiger partial charge in [-0.05, 0) is 58.8 Å². The fourth-order valence-corrected chi connectivity index (χ4v) is 5.18. The average Bonchev–Trinajstić information content (AvgIpc) is 3.03. The second-order valence-corrected chi connectivity index (χ2v) is 9.30. The van der Waals surface area contributed by atoms with Crippen LogP contribution in [0.1, 0.15) is 16.8 Å². The number of alkyl halides is 3. The number of hydrogen-bond acceptors (Lipinski definition) is 3. The van der Waals surface area contributed by atoms with Crippen molar-refractivity contribution in [2.75, 3.05) is 4.90 Å². The minimum atomic E-state index is -5.02. The number of carbonyl (C=O) groups excluding carboxylic acids is 1. The summed E-state index contributed by atoms with van der Waals surface area (Å²) < 4.78 is 51.3. The summed E-state index contributed by atoms with van der Waals surface area (Å²) in [6, 6.07) is 8.36. The number of nitrogens with zero attached hydrogens (tertiary/aromatic N) is 1. The molecule has 3 rings (SSSR count). The lowest BCUT2D eigenvalue weighted by molar-refractivity contribution is -0.137. The Morgan fingerprint density at radius 3 is 2.37 bits per heavy atom. The first-order chi connectivity index (χ1) is 13.9. The molecule has 0 saturated heterocycles. The summed E-state index contributed by atoms with van der Waals surface area (Å²) in [5, 5.41) is 2.18. The predicted octanol–water partition coefficient (Wildman–Crippen LogP) is 5.97. The fourth-order valence-electron chi connectivity index (χ4n) is 2.96. The summed E-state index contributed by atoms with van der Waals surface area (Å²) in [6.45, 7) is 3.46.